The van der Waals surface area contributed by atoms with Crippen LogP contribution in [0.4, 0.5) is 0 Å². The van der Waals surface area contributed by atoms with E-state index in [0.29, 0.717) is 11.9 Å². The summed E-state index contributed by atoms with van der Waals surface area (Å²) in [6.07, 6.45) is 5.09. The van der Waals surface area contributed by atoms with Gasteiger partial charge < -0.3 is 10.2 Å². The van der Waals surface area contributed by atoms with Gasteiger partial charge in [-0.05, 0) is 49.0 Å². The number of likely N-dealkylation sites (tertiary alicyclic amines) is 1. The van der Waals surface area contributed by atoms with E-state index in [9.17, 15) is 4.79 Å². The SMILES string of the molecule is CC1(C)C(C(=O)N2CCC(NCC3CC3)CC2)C1(C)C.Cl. The van der Waals surface area contributed by atoms with Gasteiger partial charge in [-0.2, -0.15) is 0 Å². The largest absolute Gasteiger partial charge is 0.342 e. The van der Waals surface area contributed by atoms with Crippen molar-refractivity contribution in [3.8, 4) is 0 Å². The van der Waals surface area contributed by atoms with Crippen LogP contribution in [-0.4, -0.2) is 36.5 Å². The maximum atomic E-state index is 12.7. The van der Waals surface area contributed by atoms with Crippen LogP contribution >= 0.6 is 12.4 Å². The maximum Gasteiger partial charge on any atom is 0.226 e. The van der Waals surface area contributed by atoms with Gasteiger partial charge in [0.05, 0.1) is 0 Å². The molecule has 3 fully saturated rings. The number of nitrogens with zero attached hydrogens (tertiary/aromatic N) is 1. The van der Waals surface area contributed by atoms with E-state index in [2.05, 4.69) is 37.9 Å². The Hall–Kier alpha value is -0.280. The maximum absolute atomic E-state index is 12.7. The predicted octanol–water partition coefficient (Wildman–Crippen LogP) is 3.08. The van der Waals surface area contributed by atoms with Gasteiger partial charge in [-0.25, -0.2) is 0 Å². The van der Waals surface area contributed by atoms with E-state index in [1.807, 2.05) is 0 Å². The van der Waals surface area contributed by atoms with Crippen LogP contribution < -0.4 is 5.32 Å². The van der Waals surface area contributed by atoms with Crippen LogP contribution in [0.25, 0.3) is 0 Å². The molecule has 21 heavy (non-hydrogen) atoms. The second kappa shape index (κ2) is 5.73. The van der Waals surface area contributed by atoms with Crippen LogP contribution in [0.15, 0.2) is 0 Å². The Morgan fingerprint density at radius 2 is 1.57 bits per heavy atom. The first-order chi connectivity index (χ1) is 9.34. The fourth-order valence-corrected chi connectivity index (χ4v) is 3.96. The van der Waals surface area contributed by atoms with Crippen LogP contribution in [0, 0.1) is 22.7 Å². The normalized spacial score (nSPS) is 28.1. The van der Waals surface area contributed by atoms with Crippen molar-refractivity contribution < 1.29 is 4.79 Å². The van der Waals surface area contributed by atoms with Crippen molar-refractivity contribution in [2.45, 2.75) is 59.4 Å². The number of carbonyl (C=O) groups is 1. The van der Waals surface area contributed by atoms with Crippen molar-refractivity contribution in [2.75, 3.05) is 19.6 Å². The number of hydrogen-bond donors (Lipinski definition) is 1. The molecular weight excluding hydrogens is 284 g/mol. The molecule has 1 aliphatic heterocycles. The van der Waals surface area contributed by atoms with Gasteiger partial charge in [-0.1, -0.05) is 27.7 Å². The second-order valence-corrected chi connectivity index (χ2v) is 8.33. The Morgan fingerprint density at radius 3 is 2.00 bits per heavy atom. The van der Waals surface area contributed by atoms with Crippen LogP contribution in [0.2, 0.25) is 0 Å². The van der Waals surface area contributed by atoms with Gasteiger partial charge in [-0.3, -0.25) is 4.79 Å². The van der Waals surface area contributed by atoms with E-state index in [4.69, 9.17) is 0 Å². The lowest BCUT2D eigenvalue weighted by molar-refractivity contribution is -0.135. The molecule has 2 saturated carbocycles. The zero-order valence-electron chi connectivity index (χ0n) is 13.9. The van der Waals surface area contributed by atoms with Gasteiger partial charge in [0.2, 0.25) is 5.91 Å². The number of hydrogen-bond acceptors (Lipinski definition) is 2. The molecule has 1 amide bonds. The first-order valence-corrected chi connectivity index (χ1v) is 8.36. The molecule has 0 aromatic carbocycles. The topological polar surface area (TPSA) is 32.3 Å². The van der Waals surface area contributed by atoms with Gasteiger partial charge in [0.25, 0.3) is 0 Å². The third-order valence-electron chi connectivity index (χ3n) is 6.47. The van der Waals surface area contributed by atoms with Gasteiger partial charge in [-0.15, -0.1) is 12.4 Å². The summed E-state index contributed by atoms with van der Waals surface area (Å²) in [7, 11) is 0. The minimum absolute atomic E-state index is 0. The smallest absolute Gasteiger partial charge is 0.226 e. The summed E-state index contributed by atoms with van der Waals surface area (Å²) in [6, 6.07) is 0.639. The molecule has 122 valence electrons. The van der Waals surface area contributed by atoms with E-state index in [-0.39, 0.29) is 29.2 Å². The minimum Gasteiger partial charge on any atom is -0.342 e. The fourth-order valence-electron chi connectivity index (χ4n) is 3.96. The first kappa shape index (κ1) is 17.1. The van der Waals surface area contributed by atoms with E-state index in [1.54, 1.807) is 0 Å². The van der Waals surface area contributed by atoms with Gasteiger partial charge in [0.1, 0.15) is 0 Å². The molecule has 1 heterocycles. The summed E-state index contributed by atoms with van der Waals surface area (Å²) in [6.45, 7) is 12.0. The molecule has 0 aromatic rings. The first-order valence-electron chi connectivity index (χ1n) is 8.36. The van der Waals surface area contributed by atoms with Gasteiger partial charge >= 0.3 is 0 Å². The van der Waals surface area contributed by atoms with E-state index < -0.39 is 0 Å². The molecule has 0 atom stereocenters. The number of halogens is 1. The molecular formula is C17H31ClN2O. The van der Waals surface area contributed by atoms with Gasteiger partial charge in [0.15, 0.2) is 0 Å². The molecule has 2 aliphatic carbocycles. The monoisotopic (exact) mass is 314 g/mol. The van der Waals surface area contributed by atoms with Crippen LogP contribution in [0.5, 0.6) is 0 Å². The number of nitrogens with one attached hydrogen (secondary N) is 1. The lowest BCUT2D eigenvalue weighted by Crippen LogP contribution is -2.46. The summed E-state index contributed by atoms with van der Waals surface area (Å²) in [4.78, 5) is 14.8. The van der Waals surface area contributed by atoms with Gasteiger partial charge in [0, 0.05) is 25.0 Å². The van der Waals surface area contributed by atoms with Crippen molar-refractivity contribution in [3.05, 3.63) is 0 Å². The highest BCUT2D eigenvalue weighted by molar-refractivity contribution is 5.85. The van der Waals surface area contributed by atoms with Crippen molar-refractivity contribution in [2.24, 2.45) is 22.7 Å². The predicted molar refractivity (Wildman–Crippen MR) is 88.6 cm³/mol. The van der Waals surface area contributed by atoms with E-state index >= 15 is 0 Å². The molecule has 0 spiro atoms. The molecule has 1 N–H and O–H groups in total. The molecule has 0 unspecified atom stereocenters. The Morgan fingerprint density at radius 1 is 1.05 bits per heavy atom. The fraction of sp³-hybridized carbons (Fsp3) is 0.941. The van der Waals surface area contributed by atoms with Crippen LogP contribution in [0.1, 0.15) is 53.4 Å². The summed E-state index contributed by atoms with van der Waals surface area (Å²) < 4.78 is 0. The molecule has 0 bridgehead atoms. The average molecular weight is 315 g/mol. The quantitative estimate of drug-likeness (QED) is 0.865. The number of carbonyl (C=O) groups excluding carboxylic acids is 1. The highest BCUT2D eigenvalue weighted by atomic mass is 35.5. The number of piperidine rings is 1. The Balaban J connectivity index is 0.00000161. The van der Waals surface area contributed by atoms with Crippen LogP contribution in [-0.2, 0) is 4.79 Å². The van der Waals surface area contributed by atoms with Crippen molar-refractivity contribution in [3.63, 3.8) is 0 Å². The molecule has 4 heteroatoms. The Labute approximate surface area is 135 Å². The minimum atomic E-state index is 0. The number of amides is 1. The molecule has 1 saturated heterocycles. The Kier molecular flexibility index (Phi) is 4.66. The Bertz CT molecular complexity index is 382. The second-order valence-electron chi connectivity index (χ2n) is 8.33. The highest BCUT2D eigenvalue weighted by Gasteiger charge is 2.68. The summed E-state index contributed by atoms with van der Waals surface area (Å²) in [5, 5.41) is 3.68. The average Bonchev–Trinajstić information content (AvgIpc) is 3.26. The van der Waals surface area contributed by atoms with E-state index in [0.717, 1.165) is 31.8 Å². The molecule has 0 radical (unpaired) electrons. The number of rotatable bonds is 4. The summed E-state index contributed by atoms with van der Waals surface area (Å²) >= 11 is 0. The van der Waals surface area contributed by atoms with Crippen LogP contribution in [0.3, 0.4) is 0 Å². The molecule has 3 rings (SSSR count). The molecule has 3 nitrogen and oxygen atoms in total. The zero-order valence-corrected chi connectivity index (χ0v) is 14.8. The highest BCUT2D eigenvalue weighted by Crippen LogP contribution is 2.68. The van der Waals surface area contributed by atoms with E-state index in [1.165, 1.54) is 19.4 Å². The third kappa shape index (κ3) is 3.10. The zero-order chi connectivity index (χ0) is 14.5. The molecule has 3 aliphatic rings. The standard InChI is InChI=1S/C17H30N2O.ClH/c1-16(2)14(17(16,3)4)15(20)19-9-7-13(8-10-19)18-11-12-5-6-12;/h12-14,18H,5-11H2,1-4H3;1H. The van der Waals surface area contributed by atoms with Crippen molar-refractivity contribution in [1.82, 2.24) is 10.2 Å². The summed E-state index contributed by atoms with van der Waals surface area (Å²) in [5.74, 6) is 1.58. The lowest BCUT2D eigenvalue weighted by Gasteiger charge is -2.33. The lowest BCUT2D eigenvalue weighted by atomic mass is 10.0. The summed E-state index contributed by atoms with van der Waals surface area (Å²) in [5.41, 5.74) is 0.344. The van der Waals surface area contributed by atoms with Crippen molar-refractivity contribution in [1.29, 1.82) is 0 Å². The van der Waals surface area contributed by atoms with Crippen molar-refractivity contribution >= 4 is 18.3 Å². The molecule has 0 aromatic heterocycles. The third-order valence-corrected chi connectivity index (χ3v) is 6.47.